The molecule has 0 saturated carbocycles. The Kier molecular flexibility index (Phi) is 8.59. The minimum atomic E-state index is 0.167. The van der Waals surface area contributed by atoms with Gasteiger partial charge in [-0.25, -0.2) is 0 Å². The lowest BCUT2D eigenvalue weighted by atomic mass is 9.97. The molecule has 0 aliphatic carbocycles. The van der Waals surface area contributed by atoms with Crippen molar-refractivity contribution in [3.05, 3.63) is 25.3 Å². The maximum absolute atomic E-state index is 12.2. The predicted octanol–water partition coefficient (Wildman–Crippen LogP) is 3.40. The maximum atomic E-state index is 12.2. The summed E-state index contributed by atoms with van der Waals surface area (Å²) in [4.78, 5) is 14.0. The second-order valence-electron chi connectivity index (χ2n) is 4.07. The van der Waals surface area contributed by atoms with Gasteiger partial charge in [-0.15, -0.1) is 13.2 Å². The van der Waals surface area contributed by atoms with Crippen molar-refractivity contribution in [3.63, 3.8) is 0 Å². The van der Waals surface area contributed by atoms with E-state index in [-0.39, 0.29) is 11.8 Å². The molecule has 0 aromatic rings. The van der Waals surface area contributed by atoms with Gasteiger partial charge < -0.3 is 4.90 Å². The second-order valence-corrected chi connectivity index (χ2v) is 4.07. The zero-order chi connectivity index (χ0) is 12.4. The van der Waals surface area contributed by atoms with Gasteiger partial charge in [0.15, 0.2) is 0 Å². The third-order valence-electron chi connectivity index (χ3n) is 2.76. The van der Waals surface area contributed by atoms with Crippen LogP contribution in [0.1, 0.15) is 39.5 Å². The lowest BCUT2D eigenvalue weighted by molar-refractivity contribution is -0.134. The highest BCUT2D eigenvalue weighted by molar-refractivity contribution is 5.79. The minimum absolute atomic E-state index is 0.167. The van der Waals surface area contributed by atoms with Crippen LogP contribution in [0.2, 0.25) is 0 Å². The Morgan fingerprint density at radius 1 is 1.25 bits per heavy atom. The number of nitrogens with zero attached hydrogens (tertiary/aromatic N) is 1. The van der Waals surface area contributed by atoms with E-state index in [4.69, 9.17) is 0 Å². The van der Waals surface area contributed by atoms with Crippen LogP contribution in [0.5, 0.6) is 0 Å². The van der Waals surface area contributed by atoms with Crippen LogP contribution in [0.3, 0.4) is 0 Å². The quantitative estimate of drug-likeness (QED) is 0.549. The Labute approximate surface area is 100 Å². The predicted molar refractivity (Wildman–Crippen MR) is 70.3 cm³/mol. The minimum Gasteiger partial charge on any atom is -0.335 e. The highest BCUT2D eigenvalue weighted by atomic mass is 16.2. The van der Waals surface area contributed by atoms with Gasteiger partial charge in [0.1, 0.15) is 0 Å². The number of hydrogen-bond donors (Lipinski definition) is 0. The van der Waals surface area contributed by atoms with Crippen LogP contribution in [0.25, 0.3) is 0 Å². The van der Waals surface area contributed by atoms with Gasteiger partial charge in [0.2, 0.25) is 5.91 Å². The second kappa shape index (κ2) is 9.20. The summed E-state index contributed by atoms with van der Waals surface area (Å²) in [5.74, 6) is 0.413. The molecule has 1 amide bonds. The summed E-state index contributed by atoms with van der Waals surface area (Å²) in [6.45, 7) is 12.8. The van der Waals surface area contributed by atoms with E-state index in [1.807, 2.05) is 4.90 Å². The van der Waals surface area contributed by atoms with Crippen molar-refractivity contribution in [1.82, 2.24) is 4.90 Å². The first kappa shape index (κ1) is 14.9. The van der Waals surface area contributed by atoms with Crippen LogP contribution in [-0.2, 0) is 4.79 Å². The SMILES string of the molecule is C=CCN(CC=C)C(=O)C(CC)CCCC. The zero-order valence-corrected chi connectivity index (χ0v) is 10.7. The molecular formula is C14H25NO. The molecule has 0 rings (SSSR count). The lowest BCUT2D eigenvalue weighted by Gasteiger charge is -2.24. The summed E-state index contributed by atoms with van der Waals surface area (Å²) in [5.41, 5.74) is 0. The van der Waals surface area contributed by atoms with Gasteiger partial charge in [0.25, 0.3) is 0 Å². The van der Waals surface area contributed by atoms with Gasteiger partial charge in [-0.3, -0.25) is 4.79 Å². The summed E-state index contributed by atoms with van der Waals surface area (Å²) in [6.07, 6.45) is 7.73. The smallest absolute Gasteiger partial charge is 0.226 e. The molecule has 0 N–H and O–H groups in total. The average molecular weight is 223 g/mol. The first-order valence-corrected chi connectivity index (χ1v) is 6.21. The molecule has 92 valence electrons. The zero-order valence-electron chi connectivity index (χ0n) is 10.7. The Balaban J connectivity index is 4.40. The fourth-order valence-electron chi connectivity index (χ4n) is 1.78. The normalized spacial score (nSPS) is 11.9. The van der Waals surface area contributed by atoms with Gasteiger partial charge in [-0.05, 0) is 12.8 Å². The standard InChI is InChI=1S/C14H25NO/c1-5-9-10-13(8-4)14(16)15(11-6-2)12-7-3/h6-7,13H,2-3,5,8-12H2,1,4H3. The molecule has 0 aliphatic heterocycles. The van der Waals surface area contributed by atoms with Crippen molar-refractivity contribution in [2.24, 2.45) is 5.92 Å². The monoisotopic (exact) mass is 223 g/mol. The van der Waals surface area contributed by atoms with E-state index in [1.54, 1.807) is 12.2 Å². The highest BCUT2D eigenvalue weighted by Crippen LogP contribution is 2.15. The van der Waals surface area contributed by atoms with E-state index >= 15 is 0 Å². The molecule has 0 aromatic heterocycles. The van der Waals surface area contributed by atoms with Crippen LogP contribution in [-0.4, -0.2) is 23.9 Å². The van der Waals surface area contributed by atoms with Gasteiger partial charge in [-0.2, -0.15) is 0 Å². The van der Waals surface area contributed by atoms with E-state index in [2.05, 4.69) is 27.0 Å². The molecular weight excluding hydrogens is 198 g/mol. The molecule has 1 unspecified atom stereocenters. The van der Waals surface area contributed by atoms with Crippen molar-refractivity contribution in [2.75, 3.05) is 13.1 Å². The van der Waals surface area contributed by atoms with Gasteiger partial charge >= 0.3 is 0 Å². The number of rotatable bonds is 9. The molecule has 1 atom stereocenters. The summed E-state index contributed by atoms with van der Waals surface area (Å²) in [7, 11) is 0. The van der Waals surface area contributed by atoms with Crippen LogP contribution < -0.4 is 0 Å². The van der Waals surface area contributed by atoms with Crippen molar-refractivity contribution >= 4 is 5.91 Å². The van der Waals surface area contributed by atoms with Gasteiger partial charge in [0.05, 0.1) is 0 Å². The van der Waals surface area contributed by atoms with Crippen molar-refractivity contribution in [1.29, 1.82) is 0 Å². The molecule has 2 nitrogen and oxygen atoms in total. The molecule has 0 spiro atoms. The van der Waals surface area contributed by atoms with Crippen molar-refractivity contribution in [2.45, 2.75) is 39.5 Å². The fraction of sp³-hybridized carbons (Fsp3) is 0.643. The molecule has 2 heteroatoms. The number of hydrogen-bond acceptors (Lipinski definition) is 1. The van der Waals surface area contributed by atoms with Crippen molar-refractivity contribution in [3.8, 4) is 0 Å². The molecule has 0 saturated heterocycles. The van der Waals surface area contributed by atoms with E-state index in [9.17, 15) is 4.79 Å². The molecule has 0 aromatic carbocycles. The molecule has 0 bridgehead atoms. The van der Waals surface area contributed by atoms with E-state index in [0.717, 1.165) is 25.7 Å². The third kappa shape index (κ3) is 5.15. The summed E-state index contributed by atoms with van der Waals surface area (Å²) < 4.78 is 0. The highest BCUT2D eigenvalue weighted by Gasteiger charge is 2.20. The molecule has 0 aliphatic rings. The van der Waals surface area contributed by atoms with Crippen molar-refractivity contribution < 1.29 is 4.79 Å². The van der Waals surface area contributed by atoms with E-state index < -0.39 is 0 Å². The Morgan fingerprint density at radius 3 is 2.19 bits per heavy atom. The van der Waals surface area contributed by atoms with Gasteiger partial charge in [0, 0.05) is 19.0 Å². The van der Waals surface area contributed by atoms with Crippen LogP contribution in [0.15, 0.2) is 25.3 Å². The Hall–Kier alpha value is -1.05. The summed E-state index contributed by atoms with van der Waals surface area (Å²) in [6, 6.07) is 0. The Morgan fingerprint density at radius 2 is 1.81 bits per heavy atom. The number of unbranched alkanes of at least 4 members (excludes halogenated alkanes) is 1. The average Bonchev–Trinajstić information content (AvgIpc) is 2.29. The molecule has 16 heavy (non-hydrogen) atoms. The number of carbonyl (C=O) groups is 1. The number of amides is 1. The lowest BCUT2D eigenvalue weighted by Crippen LogP contribution is -2.36. The summed E-state index contributed by atoms with van der Waals surface area (Å²) >= 11 is 0. The van der Waals surface area contributed by atoms with Gasteiger partial charge in [-0.1, -0.05) is 38.8 Å². The first-order valence-electron chi connectivity index (χ1n) is 6.21. The largest absolute Gasteiger partial charge is 0.335 e. The third-order valence-corrected chi connectivity index (χ3v) is 2.76. The molecule has 0 heterocycles. The van der Waals surface area contributed by atoms with E-state index in [1.165, 1.54) is 0 Å². The van der Waals surface area contributed by atoms with Crippen LogP contribution in [0.4, 0.5) is 0 Å². The van der Waals surface area contributed by atoms with Crippen LogP contribution >= 0.6 is 0 Å². The maximum Gasteiger partial charge on any atom is 0.226 e. The fourth-order valence-corrected chi connectivity index (χ4v) is 1.78. The topological polar surface area (TPSA) is 20.3 Å². The summed E-state index contributed by atoms with van der Waals surface area (Å²) in [5, 5.41) is 0. The van der Waals surface area contributed by atoms with E-state index in [0.29, 0.717) is 13.1 Å². The molecule has 0 radical (unpaired) electrons. The molecule has 0 fully saturated rings. The number of carbonyl (C=O) groups excluding carboxylic acids is 1. The first-order chi connectivity index (χ1) is 7.71. The van der Waals surface area contributed by atoms with Crippen LogP contribution in [0, 0.1) is 5.92 Å². The Bertz CT molecular complexity index is 213.